The molecule has 7 nitrogen and oxygen atoms in total. The van der Waals surface area contributed by atoms with Crippen LogP contribution >= 0.6 is 11.3 Å². The van der Waals surface area contributed by atoms with Crippen molar-refractivity contribution < 1.29 is 13.2 Å². The van der Waals surface area contributed by atoms with Crippen molar-refractivity contribution in [1.82, 2.24) is 14.5 Å². The molecule has 0 aliphatic carbocycles. The van der Waals surface area contributed by atoms with E-state index in [2.05, 4.69) is 15.5 Å². The summed E-state index contributed by atoms with van der Waals surface area (Å²) in [5, 5.41) is 12.0. The van der Waals surface area contributed by atoms with Gasteiger partial charge < -0.3 is 5.32 Å². The van der Waals surface area contributed by atoms with Gasteiger partial charge in [0.2, 0.25) is 21.1 Å². The van der Waals surface area contributed by atoms with Crippen molar-refractivity contribution in [2.45, 2.75) is 46.0 Å². The molecule has 0 saturated carbocycles. The molecule has 9 heteroatoms. The molecule has 0 unspecified atom stereocenters. The first-order chi connectivity index (χ1) is 11.0. The maximum absolute atomic E-state index is 12.4. The summed E-state index contributed by atoms with van der Waals surface area (Å²) in [4.78, 5) is 12.4. The van der Waals surface area contributed by atoms with Gasteiger partial charge in [0.05, 0.1) is 11.7 Å². The van der Waals surface area contributed by atoms with Gasteiger partial charge in [0.1, 0.15) is 5.01 Å². The van der Waals surface area contributed by atoms with Gasteiger partial charge in [0.15, 0.2) is 0 Å². The van der Waals surface area contributed by atoms with Crippen molar-refractivity contribution >= 4 is 32.4 Å². The summed E-state index contributed by atoms with van der Waals surface area (Å²) in [6, 6.07) is 0. The van der Waals surface area contributed by atoms with Gasteiger partial charge >= 0.3 is 0 Å². The summed E-state index contributed by atoms with van der Waals surface area (Å²) in [6.45, 7) is 4.72. The van der Waals surface area contributed by atoms with Crippen LogP contribution in [0.15, 0.2) is 0 Å². The number of carbonyl (C=O) groups excluding carboxylic acids is 1. The van der Waals surface area contributed by atoms with E-state index >= 15 is 0 Å². The first kappa shape index (κ1) is 18.3. The van der Waals surface area contributed by atoms with E-state index in [1.807, 2.05) is 13.8 Å². The van der Waals surface area contributed by atoms with Crippen molar-refractivity contribution in [2.75, 3.05) is 24.2 Å². The van der Waals surface area contributed by atoms with E-state index in [4.69, 9.17) is 0 Å². The second-order valence-corrected chi connectivity index (χ2v) is 8.86. The highest BCUT2D eigenvalue weighted by Gasteiger charge is 2.32. The fraction of sp³-hybridized carbons (Fsp3) is 0.786. The average molecular weight is 361 g/mol. The normalized spacial score (nSPS) is 19.7. The van der Waals surface area contributed by atoms with Gasteiger partial charge in [-0.1, -0.05) is 31.6 Å². The van der Waals surface area contributed by atoms with Gasteiger partial charge in [-0.25, -0.2) is 12.7 Å². The van der Waals surface area contributed by atoms with Gasteiger partial charge in [-0.05, 0) is 25.7 Å². The minimum Gasteiger partial charge on any atom is -0.300 e. The fourth-order valence-corrected chi connectivity index (χ4v) is 4.93. The van der Waals surface area contributed by atoms with Crippen LogP contribution in [0.5, 0.6) is 0 Å². The molecule has 130 valence electrons. The molecule has 1 aromatic rings. The third kappa shape index (κ3) is 4.95. The zero-order valence-corrected chi connectivity index (χ0v) is 15.3. The number of nitrogens with one attached hydrogen (secondary N) is 1. The number of hydrogen-bond donors (Lipinski definition) is 1. The van der Waals surface area contributed by atoms with E-state index in [9.17, 15) is 13.2 Å². The SMILES string of the molecule is CCCCS(=O)(=O)N1CCC[C@@H](C(=O)Nc2nnc(CC)s2)C1. The standard InChI is InChI=1S/C14H24N4O3S2/c1-3-5-9-23(20,21)18-8-6-7-11(10-18)13(19)15-14-17-16-12(4-2)22-14/h11H,3-10H2,1-2H3,(H,15,17,19)/t11-/m1/s1. The average Bonchev–Trinajstić information content (AvgIpc) is 3.00. The summed E-state index contributed by atoms with van der Waals surface area (Å²) < 4.78 is 26.0. The molecule has 1 saturated heterocycles. The van der Waals surface area contributed by atoms with Crippen LogP contribution in [0.2, 0.25) is 0 Å². The molecule has 1 atom stereocenters. The Balaban J connectivity index is 1.95. The molecule has 1 N–H and O–H groups in total. The van der Waals surface area contributed by atoms with Crippen molar-refractivity contribution in [2.24, 2.45) is 5.92 Å². The molecular weight excluding hydrogens is 336 g/mol. The van der Waals surface area contributed by atoms with Crippen molar-refractivity contribution in [3.8, 4) is 0 Å². The Hall–Kier alpha value is -1.06. The Morgan fingerprint density at radius 3 is 2.83 bits per heavy atom. The number of piperidine rings is 1. The zero-order valence-electron chi connectivity index (χ0n) is 13.6. The predicted molar refractivity (Wildman–Crippen MR) is 90.9 cm³/mol. The molecule has 1 amide bonds. The highest BCUT2D eigenvalue weighted by atomic mass is 32.2. The summed E-state index contributed by atoms with van der Waals surface area (Å²) in [7, 11) is -3.26. The van der Waals surface area contributed by atoms with E-state index in [1.54, 1.807) is 0 Å². The molecule has 1 aliphatic heterocycles. The monoisotopic (exact) mass is 360 g/mol. The Bertz CT molecular complexity index is 630. The lowest BCUT2D eigenvalue weighted by atomic mass is 9.99. The van der Waals surface area contributed by atoms with E-state index in [-0.39, 0.29) is 24.1 Å². The maximum Gasteiger partial charge on any atom is 0.230 e. The molecule has 0 radical (unpaired) electrons. The molecular formula is C14H24N4O3S2. The van der Waals surface area contributed by atoms with Crippen LogP contribution in [-0.4, -0.2) is 47.7 Å². The number of carbonyl (C=O) groups is 1. The number of aromatic nitrogens is 2. The molecule has 0 spiro atoms. The lowest BCUT2D eigenvalue weighted by molar-refractivity contribution is -0.120. The first-order valence-corrected chi connectivity index (χ1v) is 10.5. The maximum atomic E-state index is 12.4. The summed E-state index contributed by atoms with van der Waals surface area (Å²) in [5.41, 5.74) is 0. The van der Waals surface area contributed by atoms with Crippen LogP contribution in [0.25, 0.3) is 0 Å². The minimum atomic E-state index is -3.26. The molecule has 1 aliphatic rings. The molecule has 1 fully saturated rings. The number of anilines is 1. The van der Waals surface area contributed by atoms with Gasteiger partial charge in [-0.15, -0.1) is 10.2 Å². The Morgan fingerprint density at radius 2 is 2.17 bits per heavy atom. The van der Waals surface area contributed by atoms with Gasteiger partial charge in [-0.2, -0.15) is 0 Å². The highest BCUT2D eigenvalue weighted by molar-refractivity contribution is 7.89. The Kier molecular flexibility index (Phi) is 6.49. The van der Waals surface area contributed by atoms with Crippen molar-refractivity contribution in [3.05, 3.63) is 5.01 Å². The Morgan fingerprint density at radius 1 is 1.39 bits per heavy atom. The minimum absolute atomic E-state index is 0.161. The fourth-order valence-electron chi connectivity index (χ4n) is 2.52. The van der Waals surface area contributed by atoms with E-state index in [0.717, 1.165) is 17.8 Å². The third-order valence-corrected chi connectivity index (χ3v) is 6.81. The van der Waals surface area contributed by atoms with Crippen molar-refractivity contribution in [1.29, 1.82) is 0 Å². The first-order valence-electron chi connectivity index (χ1n) is 8.07. The molecule has 0 bridgehead atoms. The molecule has 2 rings (SSSR count). The van der Waals surface area contributed by atoms with E-state index in [1.165, 1.54) is 15.6 Å². The lowest BCUT2D eigenvalue weighted by Gasteiger charge is -2.31. The second-order valence-electron chi connectivity index (χ2n) is 5.71. The number of hydrogen-bond acceptors (Lipinski definition) is 6. The van der Waals surface area contributed by atoms with E-state index in [0.29, 0.717) is 30.9 Å². The predicted octanol–water partition coefficient (Wildman–Crippen LogP) is 1.88. The number of amides is 1. The van der Waals surface area contributed by atoms with Crippen molar-refractivity contribution in [3.63, 3.8) is 0 Å². The number of aryl methyl sites for hydroxylation is 1. The lowest BCUT2D eigenvalue weighted by Crippen LogP contribution is -2.44. The number of nitrogens with zero attached hydrogens (tertiary/aromatic N) is 3. The van der Waals surface area contributed by atoms with Gasteiger partial charge in [-0.3, -0.25) is 4.79 Å². The third-order valence-electron chi connectivity index (χ3n) is 3.90. The number of unbranched alkanes of at least 4 members (excludes halogenated alkanes) is 1. The van der Waals surface area contributed by atoms with Crippen LogP contribution in [0.3, 0.4) is 0 Å². The molecule has 0 aromatic carbocycles. The van der Waals surface area contributed by atoms with Crippen LogP contribution in [0.4, 0.5) is 5.13 Å². The second kappa shape index (κ2) is 8.16. The summed E-state index contributed by atoms with van der Waals surface area (Å²) >= 11 is 1.36. The molecule has 23 heavy (non-hydrogen) atoms. The topological polar surface area (TPSA) is 92.3 Å². The smallest absolute Gasteiger partial charge is 0.230 e. The quantitative estimate of drug-likeness (QED) is 0.801. The largest absolute Gasteiger partial charge is 0.300 e. The van der Waals surface area contributed by atoms with Crippen LogP contribution < -0.4 is 5.32 Å². The van der Waals surface area contributed by atoms with Crippen LogP contribution in [-0.2, 0) is 21.2 Å². The number of rotatable bonds is 7. The zero-order chi connectivity index (χ0) is 16.9. The summed E-state index contributed by atoms with van der Waals surface area (Å²) in [6.07, 6.45) is 3.68. The number of sulfonamides is 1. The highest BCUT2D eigenvalue weighted by Crippen LogP contribution is 2.23. The van der Waals surface area contributed by atoms with E-state index < -0.39 is 10.0 Å². The molecule has 2 heterocycles. The summed E-state index contributed by atoms with van der Waals surface area (Å²) in [5.74, 6) is -0.331. The molecule has 1 aromatic heterocycles. The van der Waals surface area contributed by atoms with Crippen LogP contribution in [0.1, 0.15) is 44.5 Å². The Labute approximate surface area is 141 Å². The van der Waals surface area contributed by atoms with Gasteiger partial charge in [0, 0.05) is 13.1 Å². The van der Waals surface area contributed by atoms with Gasteiger partial charge in [0.25, 0.3) is 0 Å². The van der Waals surface area contributed by atoms with Crippen LogP contribution in [0, 0.1) is 5.92 Å².